The van der Waals surface area contributed by atoms with E-state index in [1.807, 2.05) is 19.1 Å². The molecule has 0 saturated carbocycles. The average molecular weight is 414 g/mol. The van der Waals surface area contributed by atoms with Crippen LogP contribution in [0.4, 0.5) is 0 Å². The van der Waals surface area contributed by atoms with Crippen LogP contribution in [0.1, 0.15) is 11.3 Å². The van der Waals surface area contributed by atoms with Crippen LogP contribution in [0.2, 0.25) is 10.2 Å². The summed E-state index contributed by atoms with van der Waals surface area (Å²) in [7, 11) is -3.17. The van der Waals surface area contributed by atoms with Crippen molar-refractivity contribution in [1.82, 2.24) is 19.8 Å². The Balaban J connectivity index is 0.00000288. The number of benzene rings is 1. The molecular weight excluding hydrogens is 395 g/mol. The molecule has 0 unspecified atom stereocenters. The monoisotopic (exact) mass is 412 g/mol. The van der Waals surface area contributed by atoms with E-state index in [9.17, 15) is 8.42 Å². The Kier molecular flexibility index (Phi) is 7.98. The van der Waals surface area contributed by atoms with Crippen molar-refractivity contribution >= 4 is 45.6 Å². The topological polar surface area (TPSA) is 76.0 Å². The van der Waals surface area contributed by atoms with Crippen LogP contribution in [0.25, 0.3) is 5.69 Å². The fraction of sp³-hybridized carbons (Fsp3) is 0.357. The maximum absolute atomic E-state index is 11.0. The maximum Gasteiger partial charge on any atom is 0.208 e. The van der Waals surface area contributed by atoms with E-state index in [0.717, 1.165) is 23.2 Å². The summed E-state index contributed by atoms with van der Waals surface area (Å²) in [4.78, 5) is 0. The van der Waals surface area contributed by atoms with Gasteiger partial charge in [0.1, 0.15) is 5.15 Å². The number of aromatic nitrogens is 2. The molecule has 6 nitrogen and oxygen atoms in total. The van der Waals surface area contributed by atoms with Gasteiger partial charge in [0.2, 0.25) is 10.0 Å². The predicted molar refractivity (Wildman–Crippen MR) is 100 cm³/mol. The number of nitrogens with zero attached hydrogens (tertiary/aromatic N) is 2. The molecule has 0 saturated heterocycles. The first-order valence-corrected chi connectivity index (χ1v) is 9.58. The maximum atomic E-state index is 11.0. The van der Waals surface area contributed by atoms with E-state index in [-0.39, 0.29) is 12.4 Å². The van der Waals surface area contributed by atoms with Gasteiger partial charge < -0.3 is 5.32 Å². The lowest BCUT2D eigenvalue weighted by atomic mass is 10.2. The van der Waals surface area contributed by atoms with Gasteiger partial charge in [-0.3, -0.25) is 0 Å². The number of nitrogens with one attached hydrogen (secondary N) is 2. The van der Waals surface area contributed by atoms with Crippen LogP contribution in [-0.4, -0.2) is 37.5 Å². The SMILES string of the molecule is Cc1nn(-c2cccc(Cl)c2)c(Cl)c1CNCCNS(C)(=O)=O.Cl. The highest BCUT2D eigenvalue weighted by Crippen LogP contribution is 2.24. The summed E-state index contributed by atoms with van der Waals surface area (Å²) in [6.07, 6.45) is 1.13. The van der Waals surface area contributed by atoms with E-state index in [1.165, 1.54) is 0 Å². The lowest BCUT2D eigenvalue weighted by Gasteiger charge is -2.06. The lowest BCUT2D eigenvalue weighted by Crippen LogP contribution is -2.30. The van der Waals surface area contributed by atoms with Gasteiger partial charge in [0.05, 0.1) is 17.6 Å². The van der Waals surface area contributed by atoms with Crippen LogP contribution >= 0.6 is 35.6 Å². The molecule has 134 valence electrons. The molecule has 2 aromatic rings. The number of rotatable bonds is 7. The number of hydrogen-bond acceptors (Lipinski definition) is 4. The first-order chi connectivity index (χ1) is 10.8. The van der Waals surface area contributed by atoms with Gasteiger partial charge in [0, 0.05) is 30.2 Å². The molecule has 10 heteroatoms. The van der Waals surface area contributed by atoms with Crippen molar-refractivity contribution in [2.24, 2.45) is 0 Å². The van der Waals surface area contributed by atoms with Crippen molar-refractivity contribution in [1.29, 1.82) is 0 Å². The second-order valence-corrected chi connectivity index (χ2v) is 7.72. The van der Waals surface area contributed by atoms with Crippen LogP contribution in [0.15, 0.2) is 24.3 Å². The second-order valence-electron chi connectivity index (χ2n) is 5.09. The van der Waals surface area contributed by atoms with Gasteiger partial charge in [0.15, 0.2) is 0 Å². The normalized spacial score (nSPS) is 11.3. The van der Waals surface area contributed by atoms with Crippen LogP contribution in [-0.2, 0) is 16.6 Å². The van der Waals surface area contributed by atoms with Crippen molar-refractivity contribution in [2.45, 2.75) is 13.5 Å². The zero-order valence-corrected chi connectivity index (χ0v) is 16.4. The highest BCUT2D eigenvalue weighted by molar-refractivity contribution is 7.88. The Bertz CT molecular complexity index is 793. The van der Waals surface area contributed by atoms with Gasteiger partial charge in [0.25, 0.3) is 0 Å². The van der Waals surface area contributed by atoms with E-state index < -0.39 is 10.0 Å². The van der Waals surface area contributed by atoms with Gasteiger partial charge in [-0.25, -0.2) is 17.8 Å². The van der Waals surface area contributed by atoms with E-state index in [2.05, 4.69) is 15.1 Å². The highest BCUT2D eigenvalue weighted by atomic mass is 35.5. The van der Waals surface area contributed by atoms with Gasteiger partial charge in [-0.2, -0.15) is 5.10 Å². The van der Waals surface area contributed by atoms with Crippen molar-refractivity contribution in [3.8, 4) is 5.69 Å². The van der Waals surface area contributed by atoms with Crippen molar-refractivity contribution in [3.05, 3.63) is 45.7 Å². The van der Waals surface area contributed by atoms with Crippen LogP contribution in [0.5, 0.6) is 0 Å². The molecule has 0 aliphatic rings. The molecule has 0 bridgehead atoms. The standard InChI is InChI=1S/C14H18Cl2N4O2S.ClH/c1-10-13(9-17-6-7-18-23(2,21)22)14(16)20(19-10)12-5-3-4-11(15)8-12;/h3-5,8,17-18H,6-7,9H2,1-2H3;1H. The first kappa shape index (κ1) is 21.2. The zero-order valence-electron chi connectivity index (χ0n) is 13.2. The van der Waals surface area contributed by atoms with Crippen molar-refractivity contribution in [3.63, 3.8) is 0 Å². The Hall–Kier alpha value is -0.830. The largest absolute Gasteiger partial charge is 0.311 e. The van der Waals surface area contributed by atoms with Crippen LogP contribution < -0.4 is 10.0 Å². The predicted octanol–water partition coefficient (Wildman–Crippen LogP) is 2.55. The number of hydrogen-bond donors (Lipinski definition) is 2. The molecule has 0 aliphatic heterocycles. The molecule has 2 N–H and O–H groups in total. The summed E-state index contributed by atoms with van der Waals surface area (Å²) < 4.78 is 26.0. The second kappa shape index (κ2) is 9.03. The van der Waals surface area contributed by atoms with Gasteiger partial charge >= 0.3 is 0 Å². The molecule has 0 atom stereocenters. The number of aryl methyl sites for hydroxylation is 1. The van der Waals surface area contributed by atoms with Crippen molar-refractivity contribution in [2.75, 3.05) is 19.3 Å². The van der Waals surface area contributed by atoms with E-state index in [1.54, 1.807) is 16.8 Å². The Morgan fingerprint density at radius 1 is 1.25 bits per heavy atom. The molecule has 1 heterocycles. The molecular formula is C14H19Cl3N4O2S. The fourth-order valence-corrected chi connectivity index (χ4v) is 3.05. The molecule has 1 aromatic heterocycles. The average Bonchev–Trinajstić information content (AvgIpc) is 2.73. The van der Waals surface area contributed by atoms with Gasteiger partial charge in [-0.15, -0.1) is 12.4 Å². The third kappa shape index (κ3) is 5.91. The molecule has 0 radical (unpaired) electrons. The smallest absolute Gasteiger partial charge is 0.208 e. The lowest BCUT2D eigenvalue weighted by molar-refractivity contribution is 0.581. The summed E-state index contributed by atoms with van der Waals surface area (Å²) in [5.74, 6) is 0. The van der Waals surface area contributed by atoms with Gasteiger partial charge in [-0.1, -0.05) is 29.3 Å². The molecule has 0 spiro atoms. The zero-order chi connectivity index (χ0) is 17.0. The third-order valence-corrected chi connectivity index (χ3v) is 4.49. The summed E-state index contributed by atoms with van der Waals surface area (Å²) in [6, 6.07) is 7.27. The Morgan fingerprint density at radius 2 is 1.96 bits per heavy atom. The van der Waals surface area contributed by atoms with E-state index in [4.69, 9.17) is 23.2 Å². The van der Waals surface area contributed by atoms with Crippen LogP contribution in [0.3, 0.4) is 0 Å². The minimum atomic E-state index is -3.17. The fourth-order valence-electron chi connectivity index (χ4n) is 2.05. The Morgan fingerprint density at radius 3 is 2.58 bits per heavy atom. The summed E-state index contributed by atoms with van der Waals surface area (Å²) in [5, 5.41) is 8.69. The number of halogens is 3. The highest BCUT2D eigenvalue weighted by Gasteiger charge is 2.14. The van der Waals surface area contributed by atoms with E-state index in [0.29, 0.717) is 29.8 Å². The molecule has 2 rings (SSSR count). The quantitative estimate of drug-likeness (QED) is 0.684. The first-order valence-electron chi connectivity index (χ1n) is 6.93. The Labute approximate surface area is 158 Å². The molecule has 1 aromatic carbocycles. The molecule has 0 amide bonds. The third-order valence-electron chi connectivity index (χ3n) is 3.14. The minimum Gasteiger partial charge on any atom is -0.311 e. The minimum absolute atomic E-state index is 0. The van der Waals surface area contributed by atoms with E-state index >= 15 is 0 Å². The molecule has 0 aliphatic carbocycles. The van der Waals surface area contributed by atoms with Gasteiger partial charge in [-0.05, 0) is 25.1 Å². The molecule has 0 fully saturated rings. The summed E-state index contributed by atoms with van der Waals surface area (Å²) >= 11 is 12.4. The van der Waals surface area contributed by atoms with Crippen molar-refractivity contribution < 1.29 is 8.42 Å². The summed E-state index contributed by atoms with van der Waals surface area (Å²) in [6.45, 7) is 3.18. The van der Waals surface area contributed by atoms with Crippen LogP contribution in [0, 0.1) is 6.92 Å². The number of sulfonamides is 1. The summed E-state index contributed by atoms with van der Waals surface area (Å²) in [5.41, 5.74) is 2.46. The molecule has 24 heavy (non-hydrogen) atoms.